The van der Waals surface area contributed by atoms with E-state index >= 15 is 0 Å². The second kappa shape index (κ2) is 9.40. The van der Waals surface area contributed by atoms with E-state index < -0.39 is 0 Å². The number of hydrogen-bond donors (Lipinski definition) is 2. The number of nitrogens with one attached hydrogen (secondary N) is 2. The molecule has 0 spiro atoms. The summed E-state index contributed by atoms with van der Waals surface area (Å²) in [4.78, 5) is 26.7. The van der Waals surface area contributed by atoms with Crippen LogP contribution < -0.4 is 15.5 Å². The van der Waals surface area contributed by atoms with Gasteiger partial charge in [-0.05, 0) is 70.1 Å². The van der Waals surface area contributed by atoms with E-state index in [1.807, 2.05) is 24.1 Å². The summed E-state index contributed by atoms with van der Waals surface area (Å²) in [5.74, 6) is 0.841. The first-order chi connectivity index (χ1) is 14.6. The highest BCUT2D eigenvalue weighted by molar-refractivity contribution is 7.22. The maximum absolute atomic E-state index is 12.2. The van der Waals surface area contributed by atoms with Crippen molar-refractivity contribution in [3.05, 3.63) is 42.0 Å². The summed E-state index contributed by atoms with van der Waals surface area (Å²) in [6.07, 6.45) is 3.55. The highest BCUT2D eigenvalue weighted by atomic mass is 32.1. The van der Waals surface area contributed by atoms with Crippen LogP contribution in [0.4, 0.5) is 21.4 Å². The lowest BCUT2D eigenvalue weighted by Crippen LogP contribution is -2.31. The molecule has 1 aliphatic heterocycles. The van der Waals surface area contributed by atoms with Gasteiger partial charge in [-0.3, -0.25) is 5.32 Å². The quantitative estimate of drug-likeness (QED) is 0.551. The number of amides is 2. The van der Waals surface area contributed by atoms with Gasteiger partial charge < -0.3 is 15.1 Å². The standard InChI is InChI=1S/C22H28N6OS/c1-16-6-8-17(9-7-16)27(2)19-11-10-18-20(25-19)30-22(24-18)26-21(29)23-12-5-15-28-13-3-4-14-28/h6-11H,3-5,12-15H2,1-2H3,(H2,23,24,26,29). The molecule has 1 saturated heterocycles. The molecule has 0 unspecified atom stereocenters. The van der Waals surface area contributed by atoms with E-state index in [1.165, 1.54) is 42.8 Å². The lowest BCUT2D eigenvalue weighted by atomic mass is 10.2. The van der Waals surface area contributed by atoms with Gasteiger partial charge in [0.15, 0.2) is 5.13 Å². The molecule has 2 N–H and O–H groups in total. The van der Waals surface area contributed by atoms with E-state index in [0.29, 0.717) is 11.7 Å². The highest BCUT2D eigenvalue weighted by Gasteiger charge is 2.13. The number of aromatic nitrogens is 2. The Labute approximate surface area is 181 Å². The molecule has 0 bridgehead atoms. The Balaban J connectivity index is 1.33. The molecule has 8 heteroatoms. The summed E-state index contributed by atoms with van der Waals surface area (Å²) in [7, 11) is 1.99. The molecule has 1 aliphatic rings. The SMILES string of the molecule is Cc1ccc(N(C)c2ccc3nc(NC(=O)NCCCN4CCCC4)sc3n2)cc1. The number of carbonyl (C=O) groups is 1. The summed E-state index contributed by atoms with van der Waals surface area (Å²) in [5, 5.41) is 6.31. The van der Waals surface area contributed by atoms with Crippen molar-refractivity contribution in [2.75, 3.05) is 43.4 Å². The molecule has 7 nitrogen and oxygen atoms in total. The van der Waals surface area contributed by atoms with E-state index in [2.05, 4.69) is 51.7 Å². The zero-order valence-corrected chi connectivity index (χ0v) is 18.3. The minimum Gasteiger partial charge on any atom is -0.338 e. The molecule has 3 heterocycles. The molecule has 2 aromatic heterocycles. The van der Waals surface area contributed by atoms with Crippen molar-refractivity contribution in [2.24, 2.45) is 0 Å². The van der Waals surface area contributed by atoms with Gasteiger partial charge in [0.1, 0.15) is 16.2 Å². The minimum atomic E-state index is -0.215. The van der Waals surface area contributed by atoms with Gasteiger partial charge >= 0.3 is 6.03 Å². The second-order valence-electron chi connectivity index (χ2n) is 7.69. The molecule has 158 valence electrons. The number of fused-ring (bicyclic) bond motifs is 1. The van der Waals surface area contributed by atoms with Crippen molar-refractivity contribution >= 4 is 44.4 Å². The van der Waals surface area contributed by atoms with Crippen LogP contribution >= 0.6 is 11.3 Å². The van der Waals surface area contributed by atoms with Crippen molar-refractivity contribution in [3.63, 3.8) is 0 Å². The average molecular weight is 425 g/mol. The fraction of sp³-hybridized carbons (Fsp3) is 0.409. The Bertz CT molecular complexity index is 997. The van der Waals surface area contributed by atoms with E-state index in [-0.39, 0.29) is 6.03 Å². The number of likely N-dealkylation sites (tertiary alicyclic amines) is 1. The van der Waals surface area contributed by atoms with Crippen molar-refractivity contribution in [3.8, 4) is 0 Å². The van der Waals surface area contributed by atoms with Gasteiger partial charge in [-0.25, -0.2) is 14.8 Å². The lowest BCUT2D eigenvalue weighted by molar-refractivity contribution is 0.251. The van der Waals surface area contributed by atoms with Crippen LogP contribution in [0.1, 0.15) is 24.8 Å². The molecule has 0 atom stereocenters. The molecule has 30 heavy (non-hydrogen) atoms. The first kappa shape index (κ1) is 20.6. The summed E-state index contributed by atoms with van der Waals surface area (Å²) in [6, 6.07) is 12.0. The van der Waals surface area contributed by atoms with Crippen molar-refractivity contribution in [1.82, 2.24) is 20.2 Å². The molecule has 0 aliphatic carbocycles. The van der Waals surface area contributed by atoms with Crippen LogP contribution in [0.3, 0.4) is 0 Å². The Morgan fingerprint density at radius 3 is 2.67 bits per heavy atom. The molecular weight excluding hydrogens is 396 g/mol. The van der Waals surface area contributed by atoms with Gasteiger partial charge in [0.05, 0.1) is 0 Å². The number of benzene rings is 1. The van der Waals surface area contributed by atoms with Crippen LogP contribution in [0.2, 0.25) is 0 Å². The molecule has 0 radical (unpaired) electrons. The maximum Gasteiger partial charge on any atom is 0.321 e. The Hall–Kier alpha value is -2.71. The molecule has 1 aromatic carbocycles. The largest absolute Gasteiger partial charge is 0.338 e. The fourth-order valence-corrected chi connectivity index (χ4v) is 4.43. The molecular formula is C22H28N6OS. The topological polar surface area (TPSA) is 73.4 Å². The average Bonchev–Trinajstić information content (AvgIpc) is 3.40. The number of hydrogen-bond acceptors (Lipinski definition) is 6. The Morgan fingerprint density at radius 1 is 1.13 bits per heavy atom. The number of urea groups is 1. The highest BCUT2D eigenvalue weighted by Crippen LogP contribution is 2.29. The van der Waals surface area contributed by atoms with Crippen LogP contribution in [0.25, 0.3) is 10.3 Å². The summed E-state index contributed by atoms with van der Waals surface area (Å²) in [6.45, 7) is 6.15. The zero-order valence-electron chi connectivity index (χ0n) is 17.5. The molecule has 2 amide bonds. The predicted octanol–water partition coefficient (Wildman–Crippen LogP) is 4.38. The van der Waals surface area contributed by atoms with Gasteiger partial charge in [-0.1, -0.05) is 29.0 Å². The second-order valence-corrected chi connectivity index (χ2v) is 8.67. The fourth-order valence-electron chi connectivity index (χ4n) is 3.60. The number of carbonyl (C=O) groups excluding carboxylic acids is 1. The van der Waals surface area contributed by atoms with Crippen LogP contribution in [-0.2, 0) is 0 Å². The van der Waals surface area contributed by atoms with Crippen molar-refractivity contribution in [1.29, 1.82) is 0 Å². The normalized spacial score (nSPS) is 14.2. The third-order valence-electron chi connectivity index (χ3n) is 5.36. The molecule has 0 saturated carbocycles. The summed E-state index contributed by atoms with van der Waals surface area (Å²) < 4.78 is 0. The van der Waals surface area contributed by atoms with Crippen LogP contribution in [-0.4, -0.2) is 54.1 Å². The van der Waals surface area contributed by atoms with Crippen molar-refractivity contribution in [2.45, 2.75) is 26.2 Å². The summed E-state index contributed by atoms with van der Waals surface area (Å²) in [5.41, 5.74) is 3.08. The van der Waals surface area contributed by atoms with Gasteiger partial charge in [-0.2, -0.15) is 0 Å². The van der Waals surface area contributed by atoms with Gasteiger partial charge in [0.2, 0.25) is 0 Å². The lowest BCUT2D eigenvalue weighted by Gasteiger charge is -2.18. The van der Waals surface area contributed by atoms with Crippen LogP contribution in [0, 0.1) is 6.92 Å². The zero-order chi connectivity index (χ0) is 20.9. The third kappa shape index (κ3) is 5.06. The van der Waals surface area contributed by atoms with Crippen LogP contribution in [0.15, 0.2) is 36.4 Å². The smallest absolute Gasteiger partial charge is 0.321 e. The first-order valence-corrected chi connectivity index (χ1v) is 11.3. The predicted molar refractivity (Wildman–Crippen MR) is 124 cm³/mol. The maximum atomic E-state index is 12.2. The van der Waals surface area contributed by atoms with E-state index in [0.717, 1.165) is 34.8 Å². The number of aryl methyl sites for hydroxylation is 1. The number of pyridine rings is 1. The van der Waals surface area contributed by atoms with Gasteiger partial charge in [0, 0.05) is 19.3 Å². The number of rotatable bonds is 7. The van der Waals surface area contributed by atoms with E-state index in [1.54, 1.807) is 0 Å². The van der Waals surface area contributed by atoms with Gasteiger partial charge in [0.25, 0.3) is 0 Å². The first-order valence-electron chi connectivity index (χ1n) is 10.4. The molecule has 3 aromatic rings. The molecule has 1 fully saturated rings. The Kier molecular flexibility index (Phi) is 6.44. The minimum absolute atomic E-state index is 0.215. The third-order valence-corrected chi connectivity index (χ3v) is 6.24. The molecule has 4 rings (SSSR count). The van der Waals surface area contributed by atoms with Crippen LogP contribution in [0.5, 0.6) is 0 Å². The number of anilines is 3. The monoisotopic (exact) mass is 424 g/mol. The van der Waals surface area contributed by atoms with E-state index in [4.69, 9.17) is 4.98 Å². The van der Waals surface area contributed by atoms with Gasteiger partial charge in [-0.15, -0.1) is 0 Å². The van der Waals surface area contributed by atoms with E-state index in [9.17, 15) is 4.79 Å². The Morgan fingerprint density at radius 2 is 1.90 bits per heavy atom. The van der Waals surface area contributed by atoms with Crippen molar-refractivity contribution < 1.29 is 4.79 Å². The summed E-state index contributed by atoms with van der Waals surface area (Å²) >= 11 is 1.39. The number of thiazole rings is 1. The number of nitrogens with zero attached hydrogens (tertiary/aromatic N) is 4.